The van der Waals surface area contributed by atoms with Crippen LogP contribution in [0, 0.1) is 18.8 Å². The van der Waals surface area contributed by atoms with Crippen molar-refractivity contribution in [1.29, 1.82) is 0 Å². The molecule has 1 saturated carbocycles. The minimum atomic E-state index is -0.424. The molecule has 1 aliphatic carbocycles. The van der Waals surface area contributed by atoms with Crippen LogP contribution in [0.25, 0.3) is 0 Å². The van der Waals surface area contributed by atoms with E-state index in [0.29, 0.717) is 22.9 Å². The summed E-state index contributed by atoms with van der Waals surface area (Å²) in [6.45, 7) is 6.44. The lowest BCUT2D eigenvalue weighted by atomic mass is 9.80. The summed E-state index contributed by atoms with van der Waals surface area (Å²) in [5, 5.41) is 0. The normalized spacial score (nSPS) is 25.4. The predicted octanol–water partition coefficient (Wildman–Crippen LogP) is 3.57. The highest BCUT2D eigenvalue weighted by atomic mass is 16.5. The van der Waals surface area contributed by atoms with Gasteiger partial charge in [-0.15, -0.1) is 0 Å². The fourth-order valence-electron chi connectivity index (χ4n) is 2.91. The van der Waals surface area contributed by atoms with E-state index in [0.717, 1.165) is 24.3 Å². The summed E-state index contributed by atoms with van der Waals surface area (Å²) < 4.78 is 10.9. The van der Waals surface area contributed by atoms with Gasteiger partial charge in [-0.3, -0.25) is 0 Å². The van der Waals surface area contributed by atoms with Crippen molar-refractivity contribution < 1.29 is 14.3 Å². The third-order valence-electron chi connectivity index (χ3n) is 4.62. The van der Waals surface area contributed by atoms with E-state index in [9.17, 15) is 4.79 Å². The zero-order valence-electron chi connectivity index (χ0n) is 13.3. The minimum Gasteiger partial charge on any atom is -0.490 e. The van der Waals surface area contributed by atoms with Gasteiger partial charge in [0.15, 0.2) is 0 Å². The van der Waals surface area contributed by atoms with E-state index in [1.165, 1.54) is 13.5 Å². The van der Waals surface area contributed by atoms with Crippen LogP contribution in [0.5, 0.6) is 5.75 Å². The average molecular weight is 291 g/mol. The molecule has 1 aliphatic rings. The van der Waals surface area contributed by atoms with E-state index >= 15 is 0 Å². The quantitative estimate of drug-likeness (QED) is 0.683. The summed E-state index contributed by atoms with van der Waals surface area (Å²) in [7, 11) is 1.36. The second kappa shape index (κ2) is 6.37. The zero-order chi connectivity index (χ0) is 15.6. The number of hydrogen-bond donors (Lipinski definition) is 1. The lowest BCUT2D eigenvalue weighted by Crippen LogP contribution is -2.28. The second-order valence-corrected chi connectivity index (χ2v) is 6.20. The number of methoxy groups -OCH3 is 1. The lowest BCUT2D eigenvalue weighted by molar-refractivity contribution is 0.0600. The molecule has 0 saturated heterocycles. The van der Waals surface area contributed by atoms with E-state index in [-0.39, 0.29) is 6.10 Å². The first-order valence-electron chi connectivity index (χ1n) is 7.57. The van der Waals surface area contributed by atoms with Crippen molar-refractivity contribution in [1.82, 2.24) is 0 Å². The van der Waals surface area contributed by atoms with Gasteiger partial charge in [-0.25, -0.2) is 4.79 Å². The number of ether oxygens (including phenoxy) is 2. The molecule has 2 rings (SSSR count). The van der Waals surface area contributed by atoms with Gasteiger partial charge in [-0.2, -0.15) is 0 Å². The molecule has 1 aromatic carbocycles. The second-order valence-electron chi connectivity index (χ2n) is 6.20. The molecule has 21 heavy (non-hydrogen) atoms. The molecule has 3 unspecified atom stereocenters. The topological polar surface area (TPSA) is 61.5 Å². The van der Waals surface area contributed by atoms with E-state index in [2.05, 4.69) is 13.8 Å². The summed E-state index contributed by atoms with van der Waals surface area (Å²) in [6, 6.07) is 3.58. The van der Waals surface area contributed by atoms with Crippen LogP contribution in [0.1, 0.15) is 49.0 Å². The zero-order valence-corrected chi connectivity index (χ0v) is 13.3. The molecule has 116 valence electrons. The van der Waals surface area contributed by atoms with Gasteiger partial charge in [0.2, 0.25) is 0 Å². The molecule has 0 bridgehead atoms. The van der Waals surface area contributed by atoms with E-state index in [1.807, 2.05) is 13.0 Å². The van der Waals surface area contributed by atoms with Crippen LogP contribution < -0.4 is 10.5 Å². The summed E-state index contributed by atoms with van der Waals surface area (Å²) in [5.41, 5.74) is 7.62. The van der Waals surface area contributed by atoms with Crippen molar-refractivity contribution in [2.24, 2.45) is 11.8 Å². The Morgan fingerprint density at radius 3 is 2.57 bits per heavy atom. The van der Waals surface area contributed by atoms with Crippen LogP contribution in [0.3, 0.4) is 0 Å². The highest BCUT2D eigenvalue weighted by Crippen LogP contribution is 2.33. The standard InChI is InChI=1S/C17H25NO3/c1-10-5-6-13(7-11(10)2)21-14-8-12(3)16(18)15(9-14)17(19)20-4/h8-11,13H,5-7,18H2,1-4H3. The van der Waals surface area contributed by atoms with Gasteiger partial charge in [-0.1, -0.05) is 13.8 Å². The summed E-state index contributed by atoms with van der Waals surface area (Å²) >= 11 is 0. The summed E-state index contributed by atoms with van der Waals surface area (Å²) in [6.07, 6.45) is 3.51. The molecular weight excluding hydrogens is 266 g/mol. The number of nitrogens with two attached hydrogens (primary N) is 1. The SMILES string of the molecule is COC(=O)c1cc(OC2CCC(C)C(C)C2)cc(C)c1N. The van der Waals surface area contributed by atoms with Gasteiger partial charge in [0, 0.05) is 5.69 Å². The number of benzene rings is 1. The molecule has 0 aromatic heterocycles. The largest absolute Gasteiger partial charge is 0.490 e. The molecule has 2 N–H and O–H groups in total. The molecule has 1 fully saturated rings. The fraction of sp³-hybridized carbons (Fsp3) is 0.588. The first-order chi connectivity index (χ1) is 9.92. The Balaban J connectivity index is 2.17. The Morgan fingerprint density at radius 2 is 1.95 bits per heavy atom. The number of esters is 1. The average Bonchev–Trinajstić information content (AvgIpc) is 2.45. The Bertz CT molecular complexity index is 527. The van der Waals surface area contributed by atoms with E-state index in [4.69, 9.17) is 15.2 Å². The molecular formula is C17H25NO3. The van der Waals surface area contributed by atoms with Crippen molar-refractivity contribution in [3.8, 4) is 5.75 Å². The first kappa shape index (κ1) is 15.7. The smallest absolute Gasteiger partial charge is 0.340 e. The molecule has 0 heterocycles. The fourth-order valence-corrected chi connectivity index (χ4v) is 2.91. The molecule has 0 aliphatic heterocycles. The number of anilines is 1. The molecule has 3 atom stereocenters. The van der Waals surface area contributed by atoms with Gasteiger partial charge in [0.05, 0.1) is 18.8 Å². The summed E-state index contributed by atoms with van der Waals surface area (Å²) in [5.74, 6) is 1.70. The van der Waals surface area contributed by atoms with Crippen molar-refractivity contribution in [2.45, 2.75) is 46.1 Å². The Kier molecular flexibility index (Phi) is 4.76. The number of aryl methyl sites for hydroxylation is 1. The van der Waals surface area contributed by atoms with Crippen LogP contribution >= 0.6 is 0 Å². The highest BCUT2D eigenvalue weighted by Gasteiger charge is 2.26. The third-order valence-corrected chi connectivity index (χ3v) is 4.62. The number of nitrogen functional groups attached to an aromatic ring is 1. The van der Waals surface area contributed by atoms with Crippen LogP contribution in [0.2, 0.25) is 0 Å². The van der Waals surface area contributed by atoms with Crippen molar-refractivity contribution in [3.05, 3.63) is 23.3 Å². The van der Waals surface area contributed by atoms with E-state index in [1.54, 1.807) is 6.07 Å². The highest BCUT2D eigenvalue weighted by molar-refractivity contribution is 5.96. The maximum atomic E-state index is 11.8. The first-order valence-corrected chi connectivity index (χ1v) is 7.57. The molecule has 0 radical (unpaired) electrons. The predicted molar refractivity (Wildman–Crippen MR) is 83.5 cm³/mol. The van der Waals surface area contributed by atoms with Gasteiger partial charge < -0.3 is 15.2 Å². The van der Waals surface area contributed by atoms with Crippen molar-refractivity contribution in [3.63, 3.8) is 0 Å². The van der Waals surface area contributed by atoms with Crippen LogP contribution in [-0.4, -0.2) is 19.2 Å². The van der Waals surface area contributed by atoms with Crippen LogP contribution in [-0.2, 0) is 4.74 Å². The Labute approximate surface area is 126 Å². The molecule has 0 amide bonds. The number of carbonyl (C=O) groups is 1. The summed E-state index contributed by atoms with van der Waals surface area (Å²) in [4.78, 5) is 11.8. The Morgan fingerprint density at radius 1 is 1.24 bits per heavy atom. The number of hydrogen-bond acceptors (Lipinski definition) is 4. The Hall–Kier alpha value is -1.71. The maximum Gasteiger partial charge on any atom is 0.340 e. The van der Waals surface area contributed by atoms with Gasteiger partial charge >= 0.3 is 5.97 Å². The maximum absolute atomic E-state index is 11.8. The number of carbonyl (C=O) groups excluding carboxylic acids is 1. The number of rotatable bonds is 3. The van der Waals surface area contributed by atoms with E-state index < -0.39 is 5.97 Å². The molecule has 4 nitrogen and oxygen atoms in total. The lowest BCUT2D eigenvalue weighted by Gasteiger charge is -2.32. The van der Waals surface area contributed by atoms with Crippen molar-refractivity contribution >= 4 is 11.7 Å². The van der Waals surface area contributed by atoms with Crippen LogP contribution in [0.15, 0.2) is 12.1 Å². The molecule has 1 aromatic rings. The van der Waals surface area contributed by atoms with Gasteiger partial charge in [0.25, 0.3) is 0 Å². The van der Waals surface area contributed by atoms with Crippen LogP contribution in [0.4, 0.5) is 5.69 Å². The molecule has 0 spiro atoms. The minimum absolute atomic E-state index is 0.213. The van der Waals surface area contributed by atoms with Crippen molar-refractivity contribution in [2.75, 3.05) is 12.8 Å². The third kappa shape index (κ3) is 3.49. The molecule has 4 heteroatoms. The monoisotopic (exact) mass is 291 g/mol. The van der Waals surface area contributed by atoms with Gasteiger partial charge in [-0.05, 0) is 55.7 Å². The van der Waals surface area contributed by atoms with Gasteiger partial charge in [0.1, 0.15) is 5.75 Å².